The van der Waals surface area contributed by atoms with Crippen molar-refractivity contribution in [1.82, 2.24) is 5.32 Å². The number of ether oxygens (including phenoxy) is 6. The fraction of sp³-hybridized carbons (Fsp3) is 0.883. The largest absolute Gasteiger partial charge is 0.394 e. The molecule has 3 fully saturated rings. The number of aliphatic hydroxyl groups is 11. The average molecular weight is 1370 g/mol. The van der Waals surface area contributed by atoms with Crippen molar-refractivity contribution in [3.8, 4) is 0 Å². The Morgan fingerprint density at radius 1 is 0.385 bits per heavy atom. The molecule has 3 aliphatic heterocycles. The minimum atomic E-state index is -1.97. The van der Waals surface area contributed by atoms with Gasteiger partial charge in [-0.25, -0.2) is 0 Å². The van der Waals surface area contributed by atoms with E-state index in [4.69, 9.17) is 28.4 Å². The van der Waals surface area contributed by atoms with Crippen LogP contribution in [0, 0.1) is 0 Å². The van der Waals surface area contributed by atoms with Crippen LogP contribution < -0.4 is 5.32 Å². The van der Waals surface area contributed by atoms with E-state index in [1.165, 1.54) is 193 Å². The Morgan fingerprint density at radius 3 is 1.12 bits per heavy atom. The third kappa shape index (κ3) is 38.7. The quantitative estimate of drug-likeness (QED) is 0.0199. The maximum atomic E-state index is 13.5. The van der Waals surface area contributed by atoms with Crippen molar-refractivity contribution in [2.24, 2.45) is 0 Å². The van der Waals surface area contributed by atoms with Crippen LogP contribution in [0.1, 0.15) is 303 Å². The highest BCUT2D eigenvalue weighted by molar-refractivity contribution is 5.76. The van der Waals surface area contributed by atoms with Gasteiger partial charge in [0.25, 0.3) is 0 Å². The van der Waals surface area contributed by atoms with Crippen molar-refractivity contribution < 1.29 is 89.4 Å². The van der Waals surface area contributed by atoms with Gasteiger partial charge < -0.3 is 89.9 Å². The molecule has 0 aliphatic carbocycles. The van der Waals surface area contributed by atoms with Gasteiger partial charge in [0.05, 0.1) is 38.6 Å². The van der Waals surface area contributed by atoms with Crippen LogP contribution >= 0.6 is 0 Å². The molecule has 3 aliphatic rings. The zero-order valence-corrected chi connectivity index (χ0v) is 59.9. The summed E-state index contributed by atoms with van der Waals surface area (Å²) in [6.45, 7) is 1.72. The van der Waals surface area contributed by atoms with Crippen LogP contribution in [-0.2, 0) is 33.2 Å². The standard InChI is InChI=1S/C77H141NO18/c1-3-5-7-9-11-13-15-17-19-21-23-25-27-28-29-30-31-33-34-36-38-40-42-44-46-48-50-52-54-61(82)60(78-65(83)55-53-51-49-47-45-43-41-39-37-35-32-26-24-22-20-18-16-14-12-10-8-6-4-2)59-91-75-71(89)68(86)73(63(57-80)93-75)96-77-72(90)69(87)74(64(58-81)94-77)95-76-70(88)67(85)66(84)62(56-79)92-76/h6,8,12,14,18,20,24,26,60-64,66-77,79-82,84-90H,3-5,7,9-11,13,15-17,19,21-23,25,27-59H2,1-2H3,(H,78,83)/b8-6-,14-12-,20-18-,26-24-. The lowest BCUT2D eigenvalue weighted by atomic mass is 9.96. The van der Waals surface area contributed by atoms with E-state index in [9.17, 15) is 61.0 Å². The number of hydrogen-bond donors (Lipinski definition) is 12. The molecule has 0 aromatic carbocycles. The molecule has 17 atom stereocenters. The summed E-state index contributed by atoms with van der Waals surface area (Å²) in [5.41, 5.74) is 0. The number of nitrogens with one attached hydrogen (secondary N) is 1. The highest BCUT2D eigenvalue weighted by Gasteiger charge is 2.54. The van der Waals surface area contributed by atoms with Crippen LogP contribution in [0.4, 0.5) is 0 Å². The summed E-state index contributed by atoms with van der Waals surface area (Å²) < 4.78 is 34.5. The van der Waals surface area contributed by atoms with E-state index in [1.807, 2.05) is 0 Å². The zero-order chi connectivity index (χ0) is 69.6. The topological polar surface area (TPSA) is 307 Å². The third-order valence-electron chi connectivity index (χ3n) is 19.4. The van der Waals surface area contributed by atoms with E-state index in [2.05, 4.69) is 67.8 Å². The first-order chi connectivity index (χ1) is 46.8. The number of hydrogen-bond acceptors (Lipinski definition) is 18. The number of rotatable bonds is 61. The Morgan fingerprint density at radius 2 is 0.719 bits per heavy atom. The number of carbonyl (C=O) groups is 1. The third-order valence-corrected chi connectivity index (χ3v) is 19.4. The van der Waals surface area contributed by atoms with Gasteiger partial charge in [-0.15, -0.1) is 0 Å². The van der Waals surface area contributed by atoms with Crippen LogP contribution in [0.15, 0.2) is 48.6 Å². The number of unbranched alkanes of at least 4 members (excludes halogenated alkanes) is 37. The highest BCUT2D eigenvalue weighted by atomic mass is 16.8. The molecule has 0 bridgehead atoms. The van der Waals surface area contributed by atoms with Gasteiger partial charge in [0.1, 0.15) is 73.2 Å². The summed E-state index contributed by atoms with van der Waals surface area (Å²) in [6.07, 6.45) is 44.8. The molecule has 19 nitrogen and oxygen atoms in total. The van der Waals surface area contributed by atoms with Crippen LogP contribution in [0.3, 0.4) is 0 Å². The first-order valence-electron chi connectivity index (χ1n) is 38.9. The van der Waals surface area contributed by atoms with E-state index in [1.54, 1.807) is 0 Å². The number of allylic oxidation sites excluding steroid dienone is 8. The number of carbonyl (C=O) groups excluding carboxylic acids is 1. The summed E-state index contributed by atoms with van der Waals surface area (Å²) in [7, 11) is 0. The van der Waals surface area contributed by atoms with Gasteiger partial charge in [-0.05, 0) is 51.4 Å². The van der Waals surface area contributed by atoms with Crippen LogP contribution in [0.25, 0.3) is 0 Å². The molecule has 0 spiro atoms. The van der Waals surface area contributed by atoms with Gasteiger partial charge in [0, 0.05) is 6.42 Å². The smallest absolute Gasteiger partial charge is 0.220 e. The Balaban J connectivity index is 1.38. The molecule has 1 amide bonds. The minimum Gasteiger partial charge on any atom is -0.394 e. The molecule has 0 radical (unpaired) electrons. The van der Waals surface area contributed by atoms with Crippen molar-refractivity contribution in [3.63, 3.8) is 0 Å². The fourth-order valence-electron chi connectivity index (χ4n) is 13.2. The molecule has 0 aromatic rings. The van der Waals surface area contributed by atoms with Crippen molar-refractivity contribution in [2.75, 3.05) is 26.4 Å². The van der Waals surface area contributed by atoms with E-state index in [0.29, 0.717) is 12.8 Å². The summed E-state index contributed by atoms with van der Waals surface area (Å²) in [5, 5.41) is 121. The summed E-state index contributed by atoms with van der Waals surface area (Å²) in [5.74, 6) is -0.245. The molecule has 19 heteroatoms. The second-order valence-electron chi connectivity index (χ2n) is 27.8. The molecular formula is C77H141NO18. The lowest BCUT2D eigenvalue weighted by Gasteiger charge is -2.48. The molecule has 0 saturated carbocycles. The van der Waals surface area contributed by atoms with E-state index < -0.39 is 124 Å². The second kappa shape index (κ2) is 58.3. The number of aliphatic hydroxyl groups excluding tert-OH is 11. The summed E-state index contributed by atoms with van der Waals surface area (Å²) >= 11 is 0. The summed E-state index contributed by atoms with van der Waals surface area (Å²) in [4.78, 5) is 13.5. The molecule has 0 aromatic heterocycles. The van der Waals surface area contributed by atoms with Gasteiger partial charge in [-0.2, -0.15) is 0 Å². The summed E-state index contributed by atoms with van der Waals surface area (Å²) in [6, 6.07) is -0.893. The first kappa shape index (κ1) is 88.0. The molecule has 17 unspecified atom stereocenters. The van der Waals surface area contributed by atoms with Crippen LogP contribution in [0.5, 0.6) is 0 Å². The molecule has 3 rings (SSSR count). The second-order valence-corrected chi connectivity index (χ2v) is 27.8. The Labute approximate surface area is 580 Å². The molecular weight excluding hydrogens is 1230 g/mol. The van der Waals surface area contributed by atoms with Crippen molar-refractivity contribution in [3.05, 3.63) is 48.6 Å². The van der Waals surface area contributed by atoms with Crippen molar-refractivity contribution in [2.45, 2.75) is 407 Å². The van der Waals surface area contributed by atoms with Gasteiger partial charge in [0.15, 0.2) is 18.9 Å². The SMILES string of the molecule is CC/C=C\C/C=C\C/C=C\C/C=C\CCCCCCCCCCCCC(=O)NC(COC1OC(CO)C(OC2OC(CO)C(OC3OC(CO)C(O)C(O)C3O)C(O)C2O)C(O)C1O)C(O)CCCCCCCCCCCCCCCCCCCCCCCCCCCCCC. The average Bonchev–Trinajstić information content (AvgIpc) is 0.788. The minimum absolute atomic E-state index is 0.245. The van der Waals surface area contributed by atoms with Gasteiger partial charge in [-0.1, -0.05) is 294 Å². The van der Waals surface area contributed by atoms with Crippen LogP contribution in [-0.4, -0.2) is 193 Å². The normalized spacial score (nSPS) is 27.3. The first-order valence-corrected chi connectivity index (χ1v) is 38.9. The van der Waals surface area contributed by atoms with Gasteiger partial charge >= 0.3 is 0 Å². The lowest BCUT2D eigenvalue weighted by molar-refractivity contribution is -0.379. The Bertz CT molecular complexity index is 1930. The molecule has 12 N–H and O–H groups in total. The van der Waals surface area contributed by atoms with Crippen LogP contribution in [0.2, 0.25) is 0 Å². The number of amides is 1. The van der Waals surface area contributed by atoms with Gasteiger partial charge in [0.2, 0.25) is 5.91 Å². The van der Waals surface area contributed by atoms with E-state index in [0.717, 1.165) is 77.0 Å². The van der Waals surface area contributed by atoms with Gasteiger partial charge in [-0.3, -0.25) is 4.79 Å². The van der Waals surface area contributed by atoms with E-state index in [-0.39, 0.29) is 18.9 Å². The fourth-order valence-corrected chi connectivity index (χ4v) is 13.2. The lowest BCUT2D eigenvalue weighted by Crippen LogP contribution is -2.66. The maximum Gasteiger partial charge on any atom is 0.220 e. The van der Waals surface area contributed by atoms with Crippen molar-refractivity contribution >= 4 is 5.91 Å². The zero-order valence-electron chi connectivity index (χ0n) is 59.9. The predicted octanol–water partition coefficient (Wildman–Crippen LogP) is 12.1. The molecule has 96 heavy (non-hydrogen) atoms. The maximum absolute atomic E-state index is 13.5. The highest BCUT2D eigenvalue weighted by Crippen LogP contribution is 2.33. The molecule has 3 heterocycles. The van der Waals surface area contributed by atoms with E-state index >= 15 is 0 Å². The molecule has 562 valence electrons. The monoisotopic (exact) mass is 1370 g/mol. The Kier molecular flexibility index (Phi) is 53.4. The Hall–Kier alpha value is -2.25. The molecule has 3 saturated heterocycles. The van der Waals surface area contributed by atoms with Crippen molar-refractivity contribution in [1.29, 1.82) is 0 Å². The predicted molar refractivity (Wildman–Crippen MR) is 379 cm³/mol.